The molecule has 0 unspecified atom stereocenters. The molecule has 3 fully saturated rings. The smallest absolute Gasteiger partial charge is 0.109 e. The van der Waals surface area contributed by atoms with E-state index in [1.165, 1.54) is 11.3 Å². The summed E-state index contributed by atoms with van der Waals surface area (Å²) < 4.78 is 5.96. The lowest BCUT2D eigenvalue weighted by atomic mass is 9.78. The molecular formula is C21H32N2O3. The van der Waals surface area contributed by atoms with Crippen LogP contribution in [0.25, 0.3) is 0 Å². The van der Waals surface area contributed by atoms with Crippen molar-refractivity contribution in [1.82, 2.24) is 4.90 Å². The van der Waals surface area contributed by atoms with Gasteiger partial charge in [-0.15, -0.1) is 0 Å². The molecule has 26 heavy (non-hydrogen) atoms. The van der Waals surface area contributed by atoms with Crippen LogP contribution in [0.1, 0.15) is 32.3 Å². The van der Waals surface area contributed by atoms with Crippen molar-refractivity contribution in [2.45, 2.75) is 57.0 Å². The van der Waals surface area contributed by atoms with Gasteiger partial charge in [0.1, 0.15) is 5.60 Å². The first-order chi connectivity index (χ1) is 12.3. The van der Waals surface area contributed by atoms with Crippen molar-refractivity contribution in [3.63, 3.8) is 0 Å². The molecule has 1 aromatic carbocycles. The number of hydrogen-bond donors (Lipinski definition) is 2. The predicted octanol–water partition coefficient (Wildman–Crippen LogP) is 1.80. The number of aryl methyl sites for hydroxylation is 1. The van der Waals surface area contributed by atoms with Gasteiger partial charge in [-0.1, -0.05) is 18.2 Å². The van der Waals surface area contributed by atoms with E-state index in [1.54, 1.807) is 0 Å². The van der Waals surface area contributed by atoms with Gasteiger partial charge in [0.25, 0.3) is 0 Å². The van der Waals surface area contributed by atoms with Gasteiger partial charge >= 0.3 is 0 Å². The molecule has 3 aliphatic rings. The fourth-order valence-corrected chi connectivity index (χ4v) is 5.34. The molecule has 1 aromatic rings. The molecule has 0 spiro atoms. The number of para-hydroxylation sites is 1. The highest BCUT2D eigenvalue weighted by Gasteiger charge is 2.59. The van der Waals surface area contributed by atoms with Crippen molar-refractivity contribution in [1.29, 1.82) is 0 Å². The summed E-state index contributed by atoms with van der Waals surface area (Å²) >= 11 is 0. The summed E-state index contributed by atoms with van der Waals surface area (Å²) in [5.74, 6) is 0.112. The number of piperazine rings is 1. The standard InChI is InChI=1S/C21H32N2O3/c1-15-6-4-5-7-17(15)22-8-10-23(11-9-22)19-18(24)12-16-13-20(2,3)26-14-21(16,19)25/h4-7,16,18-19,24-25H,8-14H2,1-3H3/t16-,18-,19+,21+/m1/s1. The van der Waals surface area contributed by atoms with Crippen molar-refractivity contribution in [2.75, 3.05) is 37.7 Å². The Kier molecular flexibility index (Phi) is 4.55. The Hall–Kier alpha value is -1.14. The Morgan fingerprint density at radius 3 is 2.50 bits per heavy atom. The summed E-state index contributed by atoms with van der Waals surface area (Å²) in [6.07, 6.45) is 0.999. The van der Waals surface area contributed by atoms with Crippen LogP contribution in [0, 0.1) is 12.8 Å². The zero-order valence-electron chi connectivity index (χ0n) is 16.2. The van der Waals surface area contributed by atoms with E-state index in [1.807, 2.05) is 0 Å². The highest BCUT2D eigenvalue weighted by atomic mass is 16.5. The molecular weight excluding hydrogens is 328 g/mol. The normalized spacial score (nSPS) is 37.6. The Morgan fingerprint density at radius 1 is 1.12 bits per heavy atom. The number of nitrogens with zero attached hydrogens (tertiary/aromatic N) is 2. The fraction of sp³-hybridized carbons (Fsp3) is 0.714. The third-order valence-corrected chi connectivity index (χ3v) is 6.71. The number of aliphatic hydroxyl groups is 2. The van der Waals surface area contributed by atoms with Crippen LogP contribution in [0.15, 0.2) is 24.3 Å². The second-order valence-electron chi connectivity index (χ2n) is 9.00. The average Bonchev–Trinajstić information content (AvgIpc) is 2.85. The van der Waals surface area contributed by atoms with Gasteiger partial charge in [0.2, 0.25) is 0 Å². The number of benzene rings is 1. The Bertz CT molecular complexity index is 656. The molecule has 1 aliphatic carbocycles. The second kappa shape index (κ2) is 6.48. The molecule has 144 valence electrons. The van der Waals surface area contributed by atoms with Gasteiger partial charge in [-0.2, -0.15) is 0 Å². The monoisotopic (exact) mass is 360 g/mol. The first-order valence-corrected chi connectivity index (χ1v) is 9.89. The van der Waals surface area contributed by atoms with Crippen molar-refractivity contribution in [2.24, 2.45) is 5.92 Å². The quantitative estimate of drug-likeness (QED) is 0.842. The number of fused-ring (bicyclic) bond motifs is 1. The minimum Gasteiger partial charge on any atom is -0.391 e. The van der Waals surface area contributed by atoms with Gasteiger partial charge in [-0.3, -0.25) is 4.90 Å². The molecule has 4 atom stereocenters. The van der Waals surface area contributed by atoms with Gasteiger partial charge < -0.3 is 19.8 Å². The predicted molar refractivity (Wildman–Crippen MR) is 102 cm³/mol. The van der Waals surface area contributed by atoms with E-state index < -0.39 is 11.7 Å². The molecule has 2 N–H and O–H groups in total. The Balaban J connectivity index is 1.47. The van der Waals surface area contributed by atoms with Gasteiger partial charge in [0.15, 0.2) is 0 Å². The third kappa shape index (κ3) is 3.05. The molecule has 5 heteroatoms. The summed E-state index contributed by atoms with van der Waals surface area (Å²) in [6.45, 7) is 10.2. The molecule has 0 radical (unpaired) electrons. The Labute approximate surface area is 156 Å². The number of anilines is 1. The molecule has 0 bridgehead atoms. The van der Waals surface area contributed by atoms with Gasteiger partial charge in [0, 0.05) is 31.9 Å². The van der Waals surface area contributed by atoms with Gasteiger partial charge in [-0.05, 0) is 51.2 Å². The summed E-state index contributed by atoms with van der Waals surface area (Å²) in [7, 11) is 0. The maximum atomic E-state index is 11.4. The molecule has 2 aliphatic heterocycles. The molecule has 2 saturated heterocycles. The highest BCUT2D eigenvalue weighted by Crippen LogP contribution is 2.47. The molecule has 0 aromatic heterocycles. The number of ether oxygens (including phenoxy) is 1. The highest BCUT2D eigenvalue weighted by molar-refractivity contribution is 5.53. The van der Waals surface area contributed by atoms with Crippen LogP contribution >= 0.6 is 0 Å². The van der Waals surface area contributed by atoms with E-state index in [0.29, 0.717) is 13.0 Å². The zero-order valence-corrected chi connectivity index (χ0v) is 16.2. The van der Waals surface area contributed by atoms with Gasteiger partial charge in [-0.25, -0.2) is 0 Å². The SMILES string of the molecule is Cc1ccccc1N1CCN([C@H]2[C@H](O)C[C@@H]3CC(C)(C)OC[C@]32O)CC1. The minimum atomic E-state index is -0.931. The third-order valence-electron chi connectivity index (χ3n) is 6.71. The van der Waals surface area contributed by atoms with Gasteiger partial charge in [0.05, 0.1) is 24.4 Å². The van der Waals surface area contributed by atoms with Crippen LogP contribution in [0.5, 0.6) is 0 Å². The largest absolute Gasteiger partial charge is 0.391 e. The first-order valence-electron chi connectivity index (χ1n) is 9.89. The fourth-order valence-electron chi connectivity index (χ4n) is 5.34. The van der Waals surface area contributed by atoms with Crippen LogP contribution in [0.4, 0.5) is 5.69 Å². The van der Waals surface area contributed by atoms with Crippen molar-refractivity contribution >= 4 is 5.69 Å². The number of aliphatic hydroxyl groups excluding tert-OH is 1. The first kappa shape index (κ1) is 18.2. The van der Waals surface area contributed by atoms with Crippen LogP contribution in [0.2, 0.25) is 0 Å². The lowest BCUT2D eigenvalue weighted by Crippen LogP contribution is -2.64. The summed E-state index contributed by atoms with van der Waals surface area (Å²) in [6, 6.07) is 8.27. The van der Waals surface area contributed by atoms with Crippen LogP contribution in [-0.2, 0) is 4.74 Å². The van der Waals surface area contributed by atoms with Crippen LogP contribution in [-0.4, -0.2) is 71.2 Å². The lowest BCUT2D eigenvalue weighted by molar-refractivity contribution is -0.198. The van der Waals surface area contributed by atoms with E-state index >= 15 is 0 Å². The van der Waals surface area contributed by atoms with E-state index in [-0.39, 0.29) is 17.6 Å². The molecule has 4 rings (SSSR count). The van der Waals surface area contributed by atoms with Crippen molar-refractivity contribution in [3.8, 4) is 0 Å². The molecule has 1 saturated carbocycles. The Morgan fingerprint density at radius 2 is 1.81 bits per heavy atom. The maximum Gasteiger partial charge on any atom is 0.109 e. The molecule has 0 amide bonds. The zero-order chi connectivity index (χ0) is 18.5. The molecule has 5 nitrogen and oxygen atoms in total. The van der Waals surface area contributed by atoms with E-state index in [4.69, 9.17) is 4.74 Å². The van der Waals surface area contributed by atoms with E-state index in [2.05, 4.69) is 54.8 Å². The second-order valence-corrected chi connectivity index (χ2v) is 9.00. The van der Waals surface area contributed by atoms with E-state index in [9.17, 15) is 10.2 Å². The minimum absolute atomic E-state index is 0.112. The summed E-state index contributed by atoms with van der Waals surface area (Å²) in [5, 5.41) is 22.2. The summed E-state index contributed by atoms with van der Waals surface area (Å²) in [5.41, 5.74) is 1.44. The summed E-state index contributed by atoms with van der Waals surface area (Å²) in [4.78, 5) is 4.70. The van der Waals surface area contributed by atoms with Crippen LogP contribution in [0.3, 0.4) is 0 Å². The lowest BCUT2D eigenvalue weighted by Gasteiger charge is -2.49. The van der Waals surface area contributed by atoms with Crippen molar-refractivity contribution in [3.05, 3.63) is 29.8 Å². The topological polar surface area (TPSA) is 56.2 Å². The van der Waals surface area contributed by atoms with E-state index in [0.717, 1.165) is 32.6 Å². The molecule has 2 heterocycles. The van der Waals surface area contributed by atoms with Crippen molar-refractivity contribution < 1.29 is 14.9 Å². The number of rotatable bonds is 2. The number of hydrogen-bond acceptors (Lipinski definition) is 5. The maximum absolute atomic E-state index is 11.4. The average molecular weight is 360 g/mol. The van der Waals surface area contributed by atoms with Crippen LogP contribution < -0.4 is 4.90 Å².